The molecule has 0 aromatic heterocycles. The van der Waals surface area contributed by atoms with Crippen LogP contribution in [0.15, 0.2) is 16.6 Å². The van der Waals surface area contributed by atoms with Gasteiger partial charge in [-0.2, -0.15) is 13.2 Å². The highest BCUT2D eigenvalue weighted by Gasteiger charge is 2.35. The van der Waals surface area contributed by atoms with Crippen LogP contribution in [0.25, 0.3) is 0 Å². The Labute approximate surface area is 108 Å². The normalized spacial score (nSPS) is 12.8. The zero-order valence-corrected chi connectivity index (χ0v) is 11.1. The molecule has 1 N–H and O–H groups in total. The lowest BCUT2D eigenvalue weighted by molar-refractivity contribution is -0.138. The molecule has 3 nitrogen and oxygen atoms in total. The van der Waals surface area contributed by atoms with Crippen LogP contribution in [0, 0.1) is 0 Å². The van der Waals surface area contributed by atoms with Gasteiger partial charge in [0.2, 0.25) is 9.05 Å². The van der Waals surface area contributed by atoms with Gasteiger partial charge in [0, 0.05) is 10.7 Å². The van der Waals surface area contributed by atoms with Crippen molar-refractivity contribution in [1.29, 1.82) is 0 Å². The summed E-state index contributed by atoms with van der Waals surface area (Å²) < 4.78 is 58.7. The lowest BCUT2D eigenvalue weighted by atomic mass is 10.1. The van der Waals surface area contributed by atoms with E-state index < -0.39 is 32.3 Å². The van der Waals surface area contributed by atoms with E-state index in [2.05, 4.69) is 15.9 Å². The van der Waals surface area contributed by atoms with Crippen molar-refractivity contribution < 1.29 is 26.7 Å². The van der Waals surface area contributed by atoms with Gasteiger partial charge in [0.05, 0.1) is 15.8 Å². The molecule has 0 radical (unpaired) electrons. The number of hydrogen-bond acceptors (Lipinski definition) is 3. The minimum Gasteiger partial charge on any atom is -0.506 e. The molecular formula is C8H5BrClF3O3S. The standard InChI is InChI=1S/C8H5BrClF3O3S/c9-6-2-4(3-17(10,15)16)1-5(7(6)14)8(11,12)13/h1-2,14H,3H2. The highest BCUT2D eigenvalue weighted by atomic mass is 79.9. The fourth-order valence-electron chi connectivity index (χ4n) is 1.15. The van der Waals surface area contributed by atoms with Crippen molar-refractivity contribution in [2.24, 2.45) is 0 Å². The predicted molar refractivity (Wildman–Crippen MR) is 59.3 cm³/mol. The van der Waals surface area contributed by atoms with Gasteiger partial charge in [-0.3, -0.25) is 0 Å². The molecular weight excluding hydrogens is 349 g/mol. The van der Waals surface area contributed by atoms with Gasteiger partial charge in [-0.25, -0.2) is 8.42 Å². The van der Waals surface area contributed by atoms with Gasteiger partial charge in [-0.1, -0.05) is 0 Å². The molecule has 1 aromatic rings. The Hall–Kier alpha value is -0.470. The van der Waals surface area contributed by atoms with Crippen LogP contribution in [0.4, 0.5) is 13.2 Å². The highest BCUT2D eigenvalue weighted by Crippen LogP contribution is 2.40. The first-order valence-corrected chi connectivity index (χ1v) is 7.29. The topological polar surface area (TPSA) is 54.4 Å². The Morgan fingerprint density at radius 2 is 1.88 bits per heavy atom. The Balaban J connectivity index is 3.34. The minimum atomic E-state index is -4.78. The van der Waals surface area contributed by atoms with E-state index in [1.54, 1.807) is 0 Å². The average Bonchev–Trinajstić information content (AvgIpc) is 2.06. The number of hydrogen-bond donors (Lipinski definition) is 1. The Bertz CT molecular complexity index is 542. The smallest absolute Gasteiger partial charge is 0.420 e. The number of alkyl halides is 3. The summed E-state index contributed by atoms with van der Waals surface area (Å²) in [5.41, 5.74) is -1.49. The molecule has 0 atom stereocenters. The van der Waals surface area contributed by atoms with E-state index in [1.807, 2.05) is 0 Å². The minimum absolute atomic E-state index is 0.169. The summed E-state index contributed by atoms with van der Waals surface area (Å²) in [5, 5.41) is 9.21. The van der Waals surface area contributed by atoms with E-state index in [1.165, 1.54) is 0 Å². The Kier molecular flexibility index (Phi) is 4.00. The van der Waals surface area contributed by atoms with Crippen LogP contribution in [0.2, 0.25) is 0 Å². The molecule has 0 bridgehead atoms. The Morgan fingerprint density at radius 1 is 1.35 bits per heavy atom. The highest BCUT2D eigenvalue weighted by molar-refractivity contribution is 9.10. The number of phenolic OH excluding ortho intramolecular Hbond substituents is 1. The maximum absolute atomic E-state index is 12.5. The first kappa shape index (κ1) is 14.6. The quantitative estimate of drug-likeness (QED) is 0.831. The van der Waals surface area contributed by atoms with Crippen LogP contribution < -0.4 is 0 Å². The van der Waals surface area contributed by atoms with Crippen molar-refractivity contribution in [3.63, 3.8) is 0 Å². The van der Waals surface area contributed by atoms with E-state index in [9.17, 15) is 26.7 Å². The number of aromatic hydroxyl groups is 1. The lowest BCUT2D eigenvalue weighted by Crippen LogP contribution is -2.07. The maximum atomic E-state index is 12.5. The van der Waals surface area contributed by atoms with Crippen molar-refractivity contribution in [3.8, 4) is 5.75 Å². The van der Waals surface area contributed by atoms with Crippen LogP contribution in [0.5, 0.6) is 5.75 Å². The first-order valence-electron chi connectivity index (χ1n) is 4.01. The third kappa shape index (κ3) is 4.04. The van der Waals surface area contributed by atoms with Crippen molar-refractivity contribution in [2.45, 2.75) is 11.9 Å². The SMILES string of the molecule is O=S(=O)(Cl)Cc1cc(Br)c(O)c(C(F)(F)F)c1. The van der Waals surface area contributed by atoms with Gasteiger partial charge in [0.1, 0.15) is 5.75 Å². The van der Waals surface area contributed by atoms with E-state index in [-0.39, 0.29) is 10.0 Å². The van der Waals surface area contributed by atoms with Gasteiger partial charge < -0.3 is 5.11 Å². The van der Waals surface area contributed by atoms with Crippen molar-refractivity contribution >= 4 is 35.7 Å². The Morgan fingerprint density at radius 3 is 2.29 bits per heavy atom. The zero-order chi connectivity index (χ0) is 13.4. The predicted octanol–water partition coefficient (Wildman–Crippen LogP) is 3.24. The fourth-order valence-corrected chi connectivity index (χ4v) is 2.60. The number of halogens is 5. The number of phenols is 1. The van der Waals surface area contributed by atoms with Crippen molar-refractivity contribution in [3.05, 3.63) is 27.7 Å². The summed E-state index contributed by atoms with van der Waals surface area (Å²) in [4.78, 5) is 0. The molecule has 0 aliphatic rings. The maximum Gasteiger partial charge on any atom is 0.420 e. The first-order chi connectivity index (χ1) is 7.50. The van der Waals surface area contributed by atoms with Gasteiger partial charge in [-0.05, 0) is 33.6 Å². The average molecular weight is 354 g/mol. The largest absolute Gasteiger partial charge is 0.506 e. The molecule has 9 heteroatoms. The van der Waals surface area contributed by atoms with Crippen molar-refractivity contribution in [1.82, 2.24) is 0 Å². The molecule has 0 aliphatic carbocycles. The van der Waals surface area contributed by atoms with E-state index in [4.69, 9.17) is 10.7 Å². The van der Waals surface area contributed by atoms with Gasteiger partial charge in [-0.15, -0.1) is 0 Å². The van der Waals surface area contributed by atoms with Gasteiger partial charge >= 0.3 is 6.18 Å². The summed E-state index contributed by atoms with van der Waals surface area (Å²) in [6.45, 7) is 0. The molecule has 0 saturated heterocycles. The molecule has 0 saturated carbocycles. The van der Waals surface area contributed by atoms with Crippen LogP contribution in [-0.2, 0) is 21.0 Å². The molecule has 1 rings (SSSR count). The number of rotatable bonds is 2. The third-order valence-electron chi connectivity index (χ3n) is 1.77. The third-order valence-corrected chi connectivity index (χ3v) is 3.38. The number of benzene rings is 1. The van der Waals surface area contributed by atoms with Gasteiger partial charge in [0.25, 0.3) is 0 Å². The van der Waals surface area contributed by atoms with Crippen molar-refractivity contribution in [2.75, 3.05) is 0 Å². The summed E-state index contributed by atoms with van der Waals surface area (Å²) in [6, 6.07) is 1.60. The monoisotopic (exact) mass is 352 g/mol. The molecule has 0 heterocycles. The molecule has 1 aromatic carbocycles. The molecule has 96 valence electrons. The summed E-state index contributed by atoms with van der Waals surface area (Å²) in [6.07, 6.45) is -4.78. The second-order valence-electron chi connectivity index (χ2n) is 3.15. The van der Waals surface area contributed by atoms with Crippen LogP contribution in [-0.4, -0.2) is 13.5 Å². The molecule has 0 amide bonds. The lowest BCUT2D eigenvalue weighted by Gasteiger charge is -2.12. The summed E-state index contributed by atoms with van der Waals surface area (Å²) >= 11 is 2.71. The fraction of sp³-hybridized carbons (Fsp3) is 0.250. The van der Waals surface area contributed by atoms with Crippen LogP contribution in [0.1, 0.15) is 11.1 Å². The van der Waals surface area contributed by atoms with Crippen LogP contribution in [0.3, 0.4) is 0 Å². The second kappa shape index (κ2) is 4.66. The summed E-state index contributed by atoms with van der Waals surface area (Å²) in [5.74, 6) is -1.75. The van der Waals surface area contributed by atoms with E-state index >= 15 is 0 Å². The second-order valence-corrected chi connectivity index (χ2v) is 6.79. The van der Waals surface area contributed by atoms with E-state index in [0.29, 0.717) is 6.07 Å². The van der Waals surface area contributed by atoms with E-state index in [0.717, 1.165) is 6.07 Å². The molecule has 0 fully saturated rings. The zero-order valence-electron chi connectivity index (χ0n) is 7.92. The molecule has 0 spiro atoms. The summed E-state index contributed by atoms with van der Waals surface area (Å²) in [7, 11) is 0.973. The molecule has 0 aliphatic heterocycles. The molecule has 17 heavy (non-hydrogen) atoms. The van der Waals surface area contributed by atoms with Crippen LogP contribution >= 0.6 is 26.6 Å². The van der Waals surface area contributed by atoms with Gasteiger partial charge in [0.15, 0.2) is 0 Å². The molecule has 0 unspecified atom stereocenters.